The van der Waals surface area contributed by atoms with E-state index in [0.717, 1.165) is 38.5 Å². The Morgan fingerprint density at radius 2 is 1.76 bits per heavy atom. The van der Waals surface area contributed by atoms with Gasteiger partial charge in [0.1, 0.15) is 11.3 Å². The lowest BCUT2D eigenvalue weighted by Gasteiger charge is -2.07. The van der Waals surface area contributed by atoms with Crippen LogP contribution in [0.4, 0.5) is 0 Å². The largest absolute Gasteiger partial charge is 0.478 e. The number of carboxylic acids is 1. The van der Waals surface area contributed by atoms with Gasteiger partial charge in [-0.2, -0.15) is 0 Å². The number of carboxylic acid groups (broad SMARTS) is 1. The van der Waals surface area contributed by atoms with E-state index in [2.05, 4.69) is 6.58 Å². The zero-order valence-corrected chi connectivity index (χ0v) is 12.2. The fraction of sp³-hybridized carbons (Fsp3) is 0.412. The first-order chi connectivity index (χ1) is 10.1. The average molecular weight is 290 g/mol. The molecule has 0 aromatic heterocycles. The Morgan fingerprint density at radius 3 is 2.48 bits per heavy atom. The van der Waals surface area contributed by atoms with Crippen molar-refractivity contribution in [3.8, 4) is 5.75 Å². The SMILES string of the molecule is C=CCCCCCCCC(=O)Oc1ccccc1C(=O)O. The molecule has 0 aliphatic heterocycles. The lowest BCUT2D eigenvalue weighted by molar-refractivity contribution is -0.134. The highest BCUT2D eigenvalue weighted by Gasteiger charge is 2.13. The summed E-state index contributed by atoms with van der Waals surface area (Å²) in [6.45, 7) is 3.67. The standard InChI is InChI=1S/C17H22O4/c1-2-3-4-5-6-7-8-13-16(18)21-15-12-10-9-11-14(15)17(19)20/h2,9-12H,1,3-8,13H2,(H,19,20). The van der Waals surface area contributed by atoms with Crippen molar-refractivity contribution in [2.75, 3.05) is 0 Å². The average Bonchev–Trinajstić information content (AvgIpc) is 2.46. The van der Waals surface area contributed by atoms with Gasteiger partial charge < -0.3 is 9.84 Å². The number of ether oxygens (including phenoxy) is 1. The van der Waals surface area contributed by atoms with Crippen LogP contribution in [0.15, 0.2) is 36.9 Å². The molecule has 0 fully saturated rings. The lowest BCUT2D eigenvalue weighted by Crippen LogP contribution is -2.10. The molecule has 0 atom stereocenters. The first kappa shape index (κ1) is 17.0. The van der Waals surface area contributed by atoms with E-state index >= 15 is 0 Å². The lowest BCUT2D eigenvalue weighted by atomic mass is 10.1. The summed E-state index contributed by atoms with van der Waals surface area (Å²) in [7, 11) is 0. The quantitative estimate of drug-likeness (QED) is 0.303. The fourth-order valence-corrected chi connectivity index (χ4v) is 1.99. The molecular weight excluding hydrogens is 268 g/mol. The molecule has 0 bridgehead atoms. The van der Waals surface area contributed by atoms with E-state index in [1.54, 1.807) is 12.1 Å². The summed E-state index contributed by atoms with van der Waals surface area (Å²) in [6.07, 6.45) is 8.38. The molecule has 0 aliphatic rings. The normalized spacial score (nSPS) is 10.1. The van der Waals surface area contributed by atoms with Crippen molar-refractivity contribution in [3.63, 3.8) is 0 Å². The minimum atomic E-state index is -1.10. The van der Waals surface area contributed by atoms with Crippen LogP contribution in [0.3, 0.4) is 0 Å². The monoisotopic (exact) mass is 290 g/mol. The molecular formula is C17H22O4. The van der Waals surface area contributed by atoms with Gasteiger partial charge in [-0.3, -0.25) is 4.79 Å². The number of carbonyl (C=O) groups is 2. The maximum atomic E-state index is 11.7. The molecule has 1 N–H and O–H groups in total. The van der Waals surface area contributed by atoms with Crippen LogP contribution in [-0.2, 0) is 4.79 Å². The molecule has 0 saturated carbocycles. The zero-order valence-electron chi connectivity index (χ0n) is 12.2. The van der Waals surface area contributed by atoms with Crippen molar-refractivity contribution in [2.45, 2.75) is 44.9 Å². The third-order valence-electron chi connectivity index (χ3n) is 3.13. The number of rotatable bonds is 10. The molecule has 0 radical (unpaired) electrons. The second-order valence-electron chi connectivity index (χ2n) is 4.87. The van der Waals surface area contributed by atoms with Crippen LogP contribution in [0.5, 0.6) is 5.75 Å². The number of carbonyl (C=O) groups excluding carboxylic acids is 1. The van der Waals surface area contributed by atoms with Gasteiger partial charge in [-0.1, -0.05) is 37.5 Å². The van der Waals surface area contributed by atoms with E-state index in [0.29, 0.717) is 6.42 Å². The number of allylic oxidation sites excluding steroid dienone is 1. The van der Waals surface area contributed by atoms with Gasteiger partial charge in [-0.25, -0.2) is 4.79 Å². The Hall–Kier alpha value is -2.10. The number of hydrogen-bond acceptors (Lipinski definition) is 3. The summed E-state index contributed by atoms with van der Waals surface area (Å²) < 4.78 is 5.12. The fourth-order valence-electron chi connectivity index (χ4n) is 1.99. The van der Waals surface area contributed by atoms with Gasteiger partial charge >= 0.3 is 11.9 Å². The van der Waals surface area contributed by atoms with Gasteiger partial charge in [-0.05, 0) is 31.4 Å². The summed E-state index contributed by atoms with van der Waals surface area (Å²) in [6, 6.07) is 6.17. The summed E-state index contributed by atoms with van der Waals surface area (Å²) in [5.41, 5.74) is 0.00951. The molecule has 1 aromatic rings. The van der Waals surface area contributed by atoms with Crippen molar-refractivity contribution in [2.24, 2.45) is 0 Å². The highest BCUT2D eigenvalue weighted by molar-refractivity contribution is 5.91. The van der Waals surface area contributed by atoms with Gasteiger partial charge in [0.05, 0.1) is 0 Å². The van der Waals surface area contributed by atoms with E-state index in [-0.39, 0.29) is 17.3 Å². The first-order valence-electron chi connectivity index (χ1n) is 7.29. The van der Waals surface area contributed by atoms with Gasteiger partial charge in [0, 0.05) is 6.42 Å². The van der Waals surface area contributed by atoms with Crippen molar-refractivity contribution in [3.05, 3.63) is 42.5 Å². The predicted molar refractivity (Wildman–Crippen MR) is 81.6 cm³/mol. The van der Waals surface area contributed by atoms with E-state index in [9.17, 15) is 9.59 Å². The van der Waals surface area contributed by atoms with E-state index < -0.39 is 5.97 Å². The molecule has 0 unspecified atom stereocenters. The smallest absolute Gasteiger partial charge is 0.339 e. The summed E-state index contributed by atoms with van der Waals surface area (Å²) in [4.78, 5) is 22.7. The van der Waals surface area contributed by atoms with E-state index in [4.69, 9.17) is 9.84 Å². The minimum Gasteiger partial charge on any atom is -0.478 e. The van der Waals surface area contributed by atoms with Crippen LogP contribution >= 0.6 is 0 Å². The van der Waals surface area contributed by atoms with Crippen LogP contribution in [0.25, 0.3) is 0 Å². The zero-order chi connectivity index (χ0) is 15.5. The Balaban J connectivity index is 2.28. The molecule has 0 heterocycles. The predicted octanol–water partition coefficient (Wildman–Crippen LogP) is 4.21. The maximum absolute atomic E-state index is 11.7. The van der Waals surface area contributed by atoms with E-state index in [1.807, 2.05) is 6.08 Å². The van der Waals surface area contributed by atoms with Gasteiger partial charge in [-0.15, -0.1) is 6.58 Å². The second-order valence-corrected chi connectivity index (χ2v) is 4.87. The van der Waals surface area contributed by atoms with Gasteiger partial charge in [0.2, 0.25) is 0 Å². The van der Waals surface area contributed by atoms with Crippen LogP contribution in [-0.4, -0.2) is 17.0 Å². The van der Waals surface area contributed by atoms with Crippen molar-refractivity contribution in [1.29, 1.82) is 0 Å². The Labute approximate surface area is 125 Å². The number of para-hydroxylation sites is 1. The topological polar surface area (TPSA) is 63.6 Å². The number of hydrogen-bond donors (Lipinski definition) is 1. The van der Waals surface area contributed by atoms with Crippen molar-refractivity contribution >= 4 is 11.9 Å². The Kier molecular flexibility index (Phi) is 7.87. The molecule has 0 aliphatic carbocycles. The highest BCUT2D eigenvalue weighted by atomic mass is 16.5. The number of unbranched alkanes of at least 4 members (excludes halogenated alkanes) is 5. The molecule has 4 heteroatoms. The summed E-state index contributed by atoms with van der Waals surface area (Å²) >= 11 is 0. The number of esters is 1. The number of benzene rings is 1. The molecule has 0 saturated heterocycles. The highest BCUT2D eigenvalue weighted by Crippen LogP contribution is 2.19. The molecule has 0 amide bonds. The molecule has 4 nitrogen and oxygen atoms in total. The molecule has 0 spiro atoms. The third-order valence-corrected chi connectivity index (χ3v) is 3.13. The maximum Gasteiger partial charge on any atom is 0.339 e. The van der Waals surface area contributed by atoms with E-state index in [1.165, 1.54) is 12.1 Å². The minimum absolute atomic E-state index is 0.00951. The van der Waals surface area contributed by atoms with Crippen LogP contribution in [0.1, 0.15) is 55.3 Å². The van der Waals surface area contributed by atoms with Crippen molar-refractivity contribution in [1.82, 2.24) is 0 Å². The molecule has 114 valence electrons. The summed E-state index contributed by atoms with van der Waals surface area (Å²) in [5, 5.41) is 9.00. The molecule has 1 rings (SSSR count). The summed E-state index contributed by atoms with van der Waals surface area (Å²) in [5.74, 6) is -1.36. The third kappa shape index (κ3) is 6.75. The second kappa shape index (κ2) is 9.75. The Morgan fingerprint density at radius 1 is 1.10 bits per heavy atom. The van der Waals surface area contributed by atoms with Crippen molar-refractivity contribution < 1.29 is 19.4 Å². The van der Waals surface area contributed by atoms with Crippen LogP contribution in [0.2, 0.25) is 0 Å². The van der Waals surface area contributed by atoms with Gasteiger partial charge in [0.15, 0.2) is 0 Å². The first-order valence-corrected chi connectivity index (χ1v) is 7.29. The van der Waals surface area contributed by atoms with Gasteiger partial charge in [0.25, 0.3) is 0 Å². The molecule has 1 aromatic carbocycles. The van der Waals surface area contributed by atoms with Crippen LogP contribution in [0, 0.1) is 0 Å². The Bertz CT molecular complexity index is 479. The van der Waals surface area contributed by atoms with Crippen LogP contribution < -0.4 is 4.74 Å². The number of aromatic carboxylic acids is 1. The molecule has 21 heavy (non-hydrogen) atoms.